The molecule has 0 spiro atoms. The van der Waals surface area contributed by atoms with Gasteiger partial charge in [-0.1, -0.05) is 16.9 Å². The number of aliphatic carboxylic acids is 1. The van der Waals surface area contributed by atoms with Gasteiger partial charge in [-0.15, -0.1) is 10.2 Å². The van der Waals surface area contributed by atoms with Crippen molar-refractivity contribution >= 4 is 17.7 Å². The van der Waals surface area contributed by atoms with Gasteiger partial charge in [0.2, 0.25) is 0 Å². The number of aliphatic hydroxyl groups excluding tert-OH is 1. The van der Waals surface area contributed by atoms with Gasteiger partial charge < -0.3 is 14.7 Å². The molecule has 2 heterocycles. The van der Waals surface area contributed by atoms with Crippen LogP contribution < -0.4 is 0 Å². The van der Waals surface area contributed by atoms with Crippen molar-refractivity contribution in [2.45, 2.75) is 18.3 Å². The van der Waals surface area contributed by atoms with E-state index in [4.69, 9.17) is 14.7 Å². The van der Waals surface area contributed by atoms with E-state index >= 15 is 0 Å². The summed E-state index contributed by atoms with van der Waals surface area (Å²) in [6, 6.07) is 1.67. The lowest BCUT2D eigenvalue weighted by atomic mass is 10.4. The fourth-order valence-electron chi connectivity index (χ4n) is 1.31. The molecule has 2 N–H and O–H groups in total. The first-order chi connectivity index (χ1) is 8.70. The summed E-state index contributed by atoms with van der Waals surface area (Å²) in [5, 5.41) is 29.4. The number of aliphatic hydroxyl groups is 1. The highest BCUT2D eigenvalue weighted by Crippen LogP contribution is 2.18. The van der Waals surface area contributed by atoms with E-state index in [2.05, 4.69) is 15.4 Å². The number of carboxylic acids is 1. The third-order valence-corrected chi connectivity index (χ3v) is 3.02. The highest BCUT2D eigenvalue weighted by Gasteiger charge is 2.14. The summed E-state index contributed by atoms with van der Waals surface area (Å²) in [6.45, 7) is 0.0135. The minimum Gasteiger partial charge on any atom is -0.481 e. The van der Waals surface area contributed by atoms with Crippen molar-refractivity contribution in [3.05, 3.63) is 23.8 Å². The Labute approximate surface area is 106 Å². The van der Waals surface area contributed by atoms with E-state index in [-0.39, 0.29) is 12.4 Å². The van der Waals surface area contributed by atoms with Gasteiger partial charge >= 0.3 is 5.97 Å². The summed E-state index contributed by atoms with van der Waals surface area (Å²) in [5.41, 5.74) is 0. The second kappa shape index (κ2) is 5.65. The van der Waals surface area contributed by atoms with Crippen LogP contribution in [0.3, 0.4) is 0 Å². The summed E-state index contributed by atoms with van der Waals surface area (Å²) >= 11 is 1.03. The molecule has 0 radical (unpaired) electrons. The van der Waals surface area contributed by atoms with Crippen LogP contribution in [0.5, 0.6) is 0 Å². The largest absolute Gasteiger partial charge is 0.481 e. The van der Waals surface area contributed by atoms with Crippen LogP contribution in [0.4, 0.5) is 0 Å². The highest BCUT2D eigenvalue weighted by molar-refractivity contribution is 7.99. The quantitative estimate of drug-likeness (QED) is 0.704. The maximum Gasteiger partial charge on any atom is 0.313 e. The number of rotatable bonds is 6. The van der Waals surface area contributed by atoms with Crippen LogP contribution in [0, 0.1) is 0 Å². The lowest BCUT2D eigenvalue weighted by molar-refractivity contribution is -0.133. The molecule has 2 aromatic rings. The number of hydrogen-bond acceptors (Lipinski definition) is 7. The third kappa shape index (κ3) is 2.87. The van der Waals surface area contributed by atoms with Crippen LogP contribution in [0.25, 0.3) is 0 Å². The SMILES string of the molecule is O=C(O)CSc1nnc(CO)n1Cc1ccno1. The summed E-state index contributed by atoms with van der Waals surface area (Å²) in [4.78, 5) is 10.5. The third-order valence-electron chi connectivity index (χ3n) is 2.06. The first-order valence-corrected chi connectivity index (χ1v) is 5.96. The smallest absolute Gasteiger partial charge is 0.313 e. The number of hydrogen-bond donors (Lipinski definition) is 2. The van der Waals surface area contributed by atoms with E-state index in [1.54, 1.807) is 10.6 Å². The Morgan fingerprint density at radius 3 is 2.94 bits per heavy atom. The molecule has 0 bridgehead atoms. The lowest BCUT2D eigenvalue weighted by Crippen LogP contribution is -2.07. The summed E-state index contributed by atoms with van der Waals surface area (Å²) in [7, 11) is 0. The second-order valence-electron chi connectivity index (χ2n) is 3.30. The predicted octanol–water partition coefficient (Wildman–Crippen LogP) is -0.0166. The van der Waals surface area contributed by atoms with Gasteiger partial charge in [-0.3, -0.25) is 9.36 Å². The molecule has 9 heteroatoms. The fourth-order valence-corrected chi connectivity index (χ4v) is 1.98. The molecule has 0 aromatic carbocycles. The minimum absolute atomic E-state index is 0.125. The number of carboxylic acid groups (broad SMARTS) is 1. The van der Waals surface area contributed by atoms with Gasteiger partial charge in [-0.2, -0.15) is 0 Å². The van der Waals surface area contributed by atoms with Crippen molar-refractivity contribution in [3.8, 4) is 0 Å². The number of nitrogens with zero attached hydrogens (tertiary/aromatic N) is 4. The van der Waals surface area contributed by atoms with Crippen molar-refractivity contribution in [1.29, 1.82) is 0 Å². The summed E-state index contributed by atoms with van der Waals surface area (Å²) < 4.78 is 6.54. The van der Waals surface area contributed by atoms with Gasteiger partial charge in [0.05, 0.1) is 18.5 Å². The highest BCUT2D eigenvalue weighted by atomic mass is 32.2. The van der Waals surface area contributed by atoms with Crippen LogP contribution in [0.1, 0.15) is 11.6 Å². The molecule has 96 valence electrons. The van der Waals surface area contributed by atoms with E-state index < -0.39 is 5.97 Å². The fraction of sp³-hybridized carbons (Fsp3) is 0.333. The maximum absolute atomic E-state index is 10.5. The zero-order valence-electron chi connectivity index (χ0n) is 9.18. The van der Waals surface area contributed by atoms with Gasteiger partial charge in [0, 0.05) is 6.07 Å². The molecule has 2 rings (SSSR count). The minimum atomic E-state index is -0.945. The van der Waals surface area contributed by atoms with E-state index in [9.17, 15) is 4.79 Å². The molecule has 0 atom stereocenters. The monoisotopic (exact) mass is 270 g/mol. The molecule has 0 amide bonds. The van der Waals surface area contributed by atoms with Crippen molar-refractivity contribution in [1.82, 2.24) is 19.9 Å². The molecular weight excluding hydrogens is 260 g/mol. The van der Waals surface area contributed by atoms with Crippen LogP contribution in [0.2, 0.25) is 0 Å². The van der Waals surface area contributed by atoms with Crippen LogP contribution in [0.15, 0.2) is 21.9 Å². The van der Waals surface area contributed by atoms with Crippen molar-refractivity contribution < 1.29 is 19.5 Å². The van der Waals surface area contributed by atoms with E-state index in [0.717, 1.165) is 11.8 Å². The molecule has 0 aliphatic heterocycles. The molecule has 0 saturated heterocycles. The number of thioether (sulfide) groups is 1. The summed E-state index contributed by atoms with van der Waals surface area (Å²) in [5.74, 6) is -0.152. The van der Waals surface area contributed by atoms with Gasteiger partial charge in [-0.05, 0) is 0 Å². The molecule has 18 heavy (non-hydrogen) atoms. The zero-order chi connectivity index (χ0) is 13.0. The normalized spacial score (nSPS) is 10.7. The zero-order valence-corrected chi connectivity index (χ0v) is 10.0. The molecule has 0 unspecified atom stereocenters. The van der Waals surface area contributed by atoms with Gasteiger partial charge in [-0.25, -0.2) is 0 Å². The Hall–Kier alpha value is -1.87. The number of carbonyl (C=O) groups is 1. The Morgan fingerprint density at radius 1 is 1.50 bits per heavy atom. The Morgan fingerprint density at radius 2 is 2.33 bits per heavy atom. The Balaban J connectivity index is 2.19. The average molecular weight is 270 g/mol. The van der Waals surface area contributed by atoms with E-state index in [0.29, 0.717) is 23.3 Å². The van der Waals surface area contributed by atoms with E-state index in [1.807, 2.05) is 0 Å². The predicted molar refractivity (Wildman–Crippen MR) is 59.9 cm³/mol. The van der Waals surface area contributed by atoms with E-state index in [1.165, 1.54) is 6.20 Å². The molecular formula is C9H10N4O4S. The van der Waals surface area contributed by atoms with Crippen LogP contribution in [-0.4, -0.2) is 41.9 Å². The molecule has 0 saturated carbocycles. The average Bonchev–Trinajstić information content (AvgIpc) is 2.97. The molecule has 8 nitrogen and oxygen atoms in total. The van der Waals surface area contributed by atoms with Crippen molar-refractivity contribution in [3.63, 3.8) is 0 Å². The Kier molecular flexibility index (Phi) is 3.95. The Bertz CT molecular complexity index is 525. The van der Waals surface area contributed by atoms with Gasteiger partial charge in [0.1, 0.15) is 6.61 Å². The van der Waals surface area contributed by atoms with Gasteiger partial charge in [0.25, 0.3) is 0 Å². The second-order valence-corrected chi connectivity index (χ2v) is 4.25. The first kappa shape index (κ1) is 12.6. The molecule has 2 aromatic heterocycles. The molecule has 0 fully saturated rings. The first-order valence-electron chi connectivity index (χ1n) is 4.97. The lowest BCUT2D eigenvalue weighted by Gasteiger charge is -2.05. The number of aromatic nitrogens is 4. The molecule has 0 aliphatic carbocycles. The van der Waals surface area contributed by atoms with Crippen molar-refractivity contribution in [2.75, 3.05) is 5.75 Å². The maximum atomic E-state index is 10.5. The van der Waals surface area contributed by atoms with Crippen molar-refractivity contribution in [2.24, 2.45) is 0 Å². The van der Waals surface area contributed by atoms with Crippen LogP contribution >= 0.6 is 11.8 Å². The molecule has 0 aliphatic rings. The van der Waals surface area contributed by atoms with Gasteiger partial charge in [0.15, 0.2) is 16.7 Å². The standard InChI is InChI=1S/C9H10N4O4S/c14-4-7-11-12-9(18-5-8(15)16)13(7)3-6-1-2-10-17-6/h1-2,14H,3-5H2,(H,15,16). The topological polar surface area (TPSA) is 114 Å². The summed E-state index contributed by atoms with van der Waals surface area (Å²) in [6.07, 6.45) is 1.50. The van der Waals surface area contributed by atoms with Crippen LogP contribution in [-0.2, 0) is 17.9 Å².